The zero-order chi connectivity index (χ0) is 24.8. The average molecular weight is 488 g/mol. The van der Waals surface area contributed by atoms with Gasteiger partial charge >= 0.3 is 0 Å². The van der Waals surface area contributed by atoms with Gasteiger partial charge in [-0.15, -0.1) is 0 Å². The highest BCUT2D eigenvalue weighted by Gasteiger charge is 2.34. The molecule has 0 spiro atoms. The van der Waals surface area contributed by atoms with Gasteiger partial charge < -0.3 is 9.80 Å². The first-order valence-corrected chi connectivity index (χ1v) is 13.2. The van der Waals surface area contributed by atoms with Gasteiger partial charge in [-0.2, -0.15) is 5.10 Å². The van der Waals surface area contributed by atoms with Gasteiger partial charge in [0.2, 0.25) is 5.91 Å². The lowest BCUT2D eigenvalue weighted by Crippen LogP contribution is -2.49. The molecule has 0 unspecified atom stereocenters. The zero-order valence-electron chi connectivity index (χ0n) is 21.2. The van der Waals surface area contributed by atoms with Crippen molar-refractivity contribution in [2.75, 3.05) is 44.2 Å². The van der Waals surface area contributed by atoms with E-state index < -0.39 is 0 Å². The molecule has 1 saturated carbocycles. The van der Waals surface area contributed by atoms with Crippen LogP contribution in [-0.4, -0.2) is 70.6 Å². The molecule has 2 fully saturated rings. The van der Waals surface area contributed by atoms with Crippen LogP contribution < -0.4 is 4.90 Å². The Morgan fingerprint density at radius 1 is 1.03 bits per heavy atom. The van der Waals surface area contributed by atoms with Gasteiger partial charge in [0.15, 0.2) is 0 Å². The van der Waals surface area contributed by atoms with Gasteiger partial charge in [-0.25, -0.2) is 8.91 Å². The highest BCUT2D eigenvalue weighted by Crippen LogP contribution is 2.34. The van der Waals surface area contributed by atoms with Gasteiger partial charge in [0.25, 0.3) is 0 Å². The molecule has 2 aliphatic heterocycles. The van der Waals surface area contributed by atoms with Crippen molar-refractivity contribution < 1.29 is 9.18 Å². The van der Waals surface area contributed by atoms with Crippen molar-refractivity contribution in [3.63, 3.8) is 0 Å². The minimum Gasteiger partial charge on any atom is -0.366 e. The quantitative estimate of drug-likeness (QED) is 0.524. The minimum atomic E-state index is -0.204. The molecule has 7 heteroatoms. The molecule has 0 atom stereocenters. The predicted octanol–water partition coefficient (Wildman–Crippen LogP) is 4.70. The second-order valence-corrected chi connectivity index (χ2v) is 10.6. The number of halogens is 1. The van der Waals surface area contributed by atoms with Gasteiger partial charge in [0.05, 0.1) is 11.2 Å². The normalized spacial score (nSPS) is 19.3. The maximum Gasteiger partial charge on any atom is 0.225 e. The average Bonchev–Trinajstić information content (AvgIpc) is 3.66. The first-order chi connectivity index (χ1) is 17.5. The number of rotatable bonds is 5. The highest BCUT2D eigenvalue weighted by molar-refractivity contribution is 5.83. The van der Waals surface area contributed by atoms with E-state index in [4.69, 9.17) is 0 Å². The van der Waals surface area contributed by atoms with Crippen LogP contribution in [0.4, 0.5) is 10.1 Å². The van der Waals surface area contributed by atoms with Crippen molar-refractivity contribution in [3.05, 3.63) is 60.2 Å². The number of hydrogen-bond acceptors (Lipinski definition) is 4. The number of hydrogen-bond donors (Lipinski definition) is 0. The van der Waals surface area contributed by atoms with Gasteiger partial charge in [-0.05, 0) is 62.4 Å². The van der Waals surface area contributed by atoms with Crippen LogP contribution in [0.2, 0.25) is 0 Å². The number of anilines is 1. The number of fused-ring (bicyclic) bond motifs is 1. The summed E-state index contributed by atoms with van der Waals surface area (Å²) in [4.78, 5) is 19.2. The Morgan fingerprint density at radius 3 is 2.50 bits per heavy atom. The molecule has 6 rings (SSSR count). The molecule has 1 amide bonds. The molecule has 1 aliphatic carbocycles. The van der Waals surface area contributed by atoms with Gasteiger partial charge in [-0.1, -0.05) is 18.2 Å². The first kappa shape index (κ1) is 23.2. The van der Waals surface area contributed by atoms with Crippen LogP contribution in [-0.2, 0) is 4.79 Å². The van der Waals surface area contributed by atoms with E-state index in [1.165, 1.54) is 5.57 Å². The van der Waals surface area contributed by atoms with E-state index in [1.54, 1.807) is 12.3 Å². The maximum atomic E-state index is 15.4. The standard InChI is InChI=1S/C29H34FN5O/c1-20(2)32-11-8-21(9-12-32)23-5-6-25(26(30)17-23)24-18-28-27(7-10-31-35(28)19-24)33-13-15-34(16-14-33)29(36)22-3-4-22/h5-8,10,17-20,22H,3-4,9,11-16H2,1-2H3. The summed E-state index contributed by atoms with van der Waals surface area (Å²) >= 11 is 0. The van der Waals surface area contributed by atoms with Crippen molar-refractivity contribution in [1.82, 2.24) is 19.4 Å². The smallest absolute Gasteiger partial charge is 0.225 e. The first-order valence-electron chi connectivity index (χ1n) is 13.2. The van der Waals surface area contributed by atoms with Crippen molar-refractivity contribution in [2.24, 2.45) is 5.92 Å². The molecule has 1 saturated heterocycles. The lowest BCUT2D eigenvalue weighted by atomic mass is 9.96. The SMILES string of the molecule is CC(C)N1CC=C(c2ccc(-c3cc4c(N5CCN(C(=O)C6CC6)CC5)ccnn4c3)c(F)c2)CC1. The van der Waals surface area contributed by atoms with E-state index in [-0.39, 0.29) is 11.7 Å². The lowest BCUT2D eigenvalue weighted by molar-refractivity contribution is -0.132. The number of piperazine rings is 1. The monoisotopic (exact) mass is 487 g/mol. The molecule has 36 heavy (non-hydrogen) atoms. The largest absolute Gasteiger partial charge is 0.366 e. The van der Waals surface area contributed by atoms with Crippen molar-refractivity contribution in [1.29, 1.82) is 0 Å². The number of benzene rings is 1. The fourth-order valence-electron chi connectivity index (χ4n) is 5.54. The second-order valence-electron chi connectivity index (χ2n) is 10.6. The van der Waals surface area contributed by atoms with Gasteiger partial charge in [0, 0.05) is 74.7 Å². The van der Waals surface area contributed by atoms with Crippen LogP contribution in [0, 0.1) is 11.7 Å². The van der Waals surface area contributed by atoms with E-state index in [0.29, 0.717) is 17.5 Å². The van der Waals surface area contributed by atoms with E-state index >= 15 is 4.39 Å². The third-order valence-electron chi connectivity index (χ3n) is 7.97. The van der Waals surface area contributed by atoms with Crippen LogP contribution >= 0.6 is 0 Å². The van der Waals surface area contributed by atoms with Crippen molar-refractivity contribution in [2.45, 2.75) is 39.2 Å². The van der Waals surface area contributed by atoms with Gasteiger partial charge in [0.1, 0.15) is 5.82 Å². The molecule has 3 aromatic rings. The number of nitrogens with zero attached hydrogens (tertiary/aromatic N) is 5. The summed E-state index contributed by atoms with van der Waals surface area (Å²) in [6, 6.07) is 10.2. The summed E-state index contributed by atoms with van der Waals surface area (Å²) in [6.07, 6.45) is 8.97. The molecule has 3 aliphatic rings. The maximum absolute atomic E-state index is 15.4. The molecule has 188 valence electrons. The zero-order valence-corrected chi connectivity index (χ0v) is 21.2. The number of carbonyl (C=O) groups excluding carboxylic acids is 1. The van der Waals surface area contributed by atoms with Crippen LogP contribution in [0.15, 0.2) is 48.8 Å². The molecule has 4 heterocycles. The van der Waals surface area contributed by atoms with E-state index in [9.17, 15) is 4.79 Å². The third kappa shape index (κ3) is 4.41. The summed E-state index contributed by atoms with van der Waals surface area (Å²) in [5.41, 5.74) is 5.65. The molecule has 2 aromatic heterocycles. The van der Waals surface area contributed by atoms with Crippen LogP contribution in [0.5, 0.6) is 0 Å². The molecule has 0 N–H and O–H groups in total. The Morgan fingerprint density at radius 2 is 1.83 bits per heavy atom. The molecule has 6 nitrogen and oxygen atoms in total. The van der Waals surface area contributed by atoms with Crippen LogP contribution in [0.25, 0.3) is 22.2 Å². The van der Waals surface area contributed by atoms with Crippen LogP contribution in [0.3, 0.4) is 0 Å². The van der Waals surface area contributed by atoms with E-state index in [2.05, 4.69) is 34.8 Å². The van der Waals surface area contributed by atoms with Crippen LogP contribution in [0.1, 0.15) is 38.7 Å². The fourth-order valence-corrected chi connectivity index (χ4v) is 5.54. The fraction of sp³-hybridized carbons (Fsp3) is 0.448. The lowest BCUT2D eigenvalue weighted by Gasteiger charge is -2.36. The molecule has 1 aromatic carbocycles. The molecular formula is C29H34FN5O. The number of aromatic nitrogens is 2. The summed E-state index contributed by atoms with van der Waals surface area (Å²) in [7, 11) is 0. The summed E-state index contributed by atoms with van der Waals surface area (Å²) in [5, 5.41) is 4.49. The third-order valence-corrected chi connectivity index (χ3v) is 7.97. The molecule has 0 bridgehead atoms. The van der Waals surface area contributed by atoms with Crippen molar-refractivity contribution in [3.8, 4) is 11.1 Å². The highest BCUT2D eigenvalue weighted by atomic mass is 19.1. The number of amides is 1. The Kier molecular flexibility index (Phi) is 6.04. The number of carbonyl (C=O) groups is 1. The van der Waals surface area contributed by atoms with E-state index in [0.717, 1.165) is 80.9 Å². The molecular weight excluding hydrogens is 453 g/mol. The Balaban J connectivity index is 1.22. The van der Waals surface area contributed by atoms with Crippen molar-refractivity contribution >= 4 is 22.7 Å². The second kappa shape index (κ2) is 9.36. The topological polar surface area (TPSA) is 44.1 Å². The van der Waals surface area contributed by atoms with E-state index in [1.807, 2.05) is 39.9 Å². The summed E-state index contributed by atoms with van der Waals surface area (Å²) < 4.78 is 17.2. The summed E-state index contributed by atoms with van der Waals surface area (Å²) in [5.74, 6) is 0.381. The molecule has 0 radical (unpaired) electrons. The minimum absolute atomic E-state index is 0.204. The Hall–Kier alpha value is -3.19. The Labute approximate surface area is 212 Å². The summed E-state index contributed by atoms with van der Waals surface area (Å²) in [6.45, 7) is 9.44. The van der Waals surface area contributed by atoms with Gasteiger partial charge in [-0.3, -0.25) is 9.69 Å². The predicted molar refractivity (Wildman–Crippen MR) is 141 cm³/mol. The Bertz CT molecular complexity index is 1320.